The minimum absolute atomic E-state index is 0.575. The minimum Gasteiger partial charge on any atom is -0.489 e. The molecule has 0 atom stereocenters. The van der Waals surface area contributed by atoms with Crippen LogP contribution in [0.1, 0.15) is 23.1 Å². The lowest BCUT2D eigenvalue weighted by Gasteiger charge is -2.18. The quantitative estimate of drug-likeness (QED) is 0.521. The zero-order chi connectivity index (χ0) is 14.5. The van der Waals surface area contributed by atoms with Crippen molar-refractivity contribution in [3.8, 4) is 5.75 Å². The minimum atomic E-state index is 0.575. The summed E-state index contributed by atoms with van der Waals surface area (Å²) in [7, 11) is 0. The first-order valence-corrected chi connectivity index (χ1v) is 7.03. The van der Waals surface area contributed by atoms with Crippen LogP contribution < -0.4 is 4.74 Å². The lowest BCUT2D eigenvalue weighted by Crippen LogP contribution is -2.04. The van der Waals surface area contributed by atoms with Crippen LogP contribution in [-0.2, 0) is 13.0 Å². The summed E-state index contributed by atoms with van der Waals surface area (Å²) in [6, 6.07) is 16.2. The van der Waals surface area contributed by atoms with Crippen molar-refractivity contribution in [3.63, 3.8) is 0 Å². The Kier molecular flexibility index (Phi) is 4.01. The largest absolute Gasteiger partial charge is 0.489 e. The third-order valence-corrected chi connectivity index (χ3v) is 3.63. The van der Waals surface area contributed by atoms with E-state index in [9.17, 15) is 0 Å². The van der Waals surface area contributed by atoms with Crippen molar-refractivity contribution in [2.24, 2.45) is 5.16 Å². The molecule has 106 valence electrons. The van der Waals surface area contributed by atoms with E-state index < -0.39 is 0 Å². The SMILES string of the molecule is ON=CC1=Cc2cccc(OCc3ccccc3)c2CC1. The molecule has 1 aliphatic rings. The second-order valence-electron chi connectivity index (χ2n) is 5.06. The van der Waals surface area contributed by atoms with Crippen molar-refractivity contribution in [1.82, 2.24) is 0 Å². The molecule has 0 radical (unpaired) electrons. The molecule has 0 aromatic heterocycles. The average Bonchev–Trinajstić information content (AvgIpc) is 2.54. The molecule has 2 aromatic carbocycles. The molecule has 0 aliphatic heterocycles. The standard InChI is InChI=1S/C18H17NO2/c20-19-12-15-9-10-17-16(11-15)7-4-8-18(17)21-13-14-5-2-1-3-6-14/h1-8,11-12,20H,9-10,13H2. The van der Waals surface area contributed by atoms with E-state index in [0.717, 1.165) is 35.3 Å². The number of nitrogens with zero attached hydrogens (tertiary/aromatic N) is 1. The highest BCUT2D eigenvalue weighted by molar-refractivity contribution is 5.87. The molecular weight excluding hydrogens is 262 g/mol. The Morgan fingerprint density at radius 1 is 1.05 bits per heavy atom. The van der Waals surface area contributed by atoms with Gasteiger partial charge >= 0.3 is 0 Å². The molecule has 3 nitrogen and oxygen atoms in total. The Hall–Kier alpha value is -2.55. The van der Waals surface area contributed by atoms with Gasteiger partial charge in [-0.3, -0.25) is 0 Å². The Morgan fingerprint density at radius 2 is 1.90 bits per heavy atom. The number of benzene rings is 2. The molecule has 0 bridgehead atoms. The van der Waals surface area contributed by atoms with E-state index in [2.05, 4.69) is 23.4 Å². The van der Waals surface area contributed by atoms with Gasteiger partial charge in [-0.05, 0) is 41.7 Å². The zero-order valence-corrected chi connectivity index (χ0v) is 11.7. The number of allylic oxidation sites excluding steroid dienone is 1. The molecule has 0 heterocycles. The number of ether oxygens (including phenoxy) is 1. The van der Waals surface area contributed by atoms with Gasteiger partial charge in [-0.15, -0.1) is 0 Å². The number of fused-ring (bicyclic) bond motifs is 1. The molecule has 0 spiro atoms. The maximum atomic E-state index is 8.64. The highest BCUT2D eigenvalue weighted by Gasteiger charge is 2.14. The second-order valence-corrected chi connectivity index (χ2v) is 5.06. The monoisotopic (exact) mass is 279 g/mol. The highest BCUT2D eigenvalue weighted by atomic mass is 16.5. The van der Waals surface area contributed by atoms with Gasteiger partial charge < -0.3 is 9.94 Å². The molecule has 1 aliphatic carbocycles. The predicted octanol–water partition coefficient (Wildman–Crippen LogP) is 4.06. The third-order valence-electron chi connectivity index (χ3n) is 3.63. The van der Waals surface area contributed by atoms with Gasteiger partial charge in [0, 0.05) is 5.56 Å². The van der Waals surface area contributed by atoms with Gasteiger partial charge in [0.05, 0.1) is 6.21 Å². The molecular formula is C18H17NO2. The van der Waals surface area contributed by atoms with Gasteiger partial charge in [0.15, 0.2) is 0 Å². The van der Waals surface area contributed by atoms with Crippen LogP contribution in [0.2, 0.25) is 0 Å². The Bertz CT molecular complexity index is 675. The summed E-state index contributed by atoms with van der Waals surface area (Å²) in [6.45, 7) is 0.575. The van der Waals surface area contributed by atoms with E-state index >= 15 is 0 Å². The molecule has 0 amide bonds. The fourth-order valence-electron chi connectivity index (χ4n) is 2.57. The van der Waals surface area contributed by atoms with Gasteiger partial charge in [-0.2, -0.15) is 0 Å². The van der Waals surface area contributed by atoms with Crippen molar-refractivity contribution in [1.29, 1.82) is 0 Å². The van der Waals surface area contributed by atoms with E-state index in [1.165, 1.54) is 11.8 Å². The van der Waals surface area contributed by atoms with Crippen LogP contribution in [0.5, 0.6) is 5.75 Å². The fourth-order valence-corrected chi connectivity index (χ4v) is 2.57. The van der Waals surface area contributed by atoms with Crippen LogP contribution in [-0.4, -0.2) is 11.4 Å². The smallest absolute Gasteiger partial charge is 0.123 e. The summed E-state index contributed by atoms with van der Waals surface area (Å²) in [5.41, 5.74) is 4.56. The maximum Gasteiger partial charge on any atom is 0.123 e. The molecule has 0 saturated heterocycles. The topological polar surface area (TPSA) is 41.8 Å². The normalized spacial score (nSPS) is 13.8. The van der Waals surface area contributed by atoms with Crippen molar-refractivity contribution in [2.45, 2.75) is 19.4 Å². The van der Waals surface area contributed by atoms with E-state index in [-0.39, 0.29) is 0 Å². The molecule has 3 heteroatoms. The Morgan fingerprint density at radius 3 is 2.71 bits per heavy atom. The van der Waals surface area contributed by atoms with Gasteiger partial charge in [-0.25, -0.2) is 0 Å². The molecule has 0 unspecified atom stereocenters. The van der Waals surface area contributed by atoms with Crippen LogP contribution >= 0.6 is 0 Å². The average molecular weight is 279 g/mol. The summed E-state index contributed by atoms with van der Waals surface area (Å²) in [4.78, 5) is 0. The van der Waals surface area contributed by atoms with Gasteiger partial charge in [0.1, 0.15) is 12.4 Å². The summed E-state index contributed by atoms with van der Waals surface area (Å²) >= 11 is 0. The maximum absolute atomic E-state index is 8.64. The first-order valence-electron chi connectivity index (χ1n) is 7.03. The molecule has 21 heavy (non-hydrogen) atoms. The van der Waals surface area contributed by atoms with Crippen molar-refractivity contribution in [2.75, 3.05) is 0 Å². The summed E-state index contributed by atoms with van der Waals surface area (Å²) in [5.74, 6) is 0.938. The van der Waals surface area contributed by atoms with Gasteiger partial charge in [0.25, 0.3) is 0 Å². The lowest BCUT2D eigenvalue weighted by atomic mass is 9.92. The first kappa shape index (κ1) is 13.4. The third kappa shape index (κ3) is 3.14. The highest BCUT2D eigenvalue weighted by Crippen LogP contribution is 2.31. The molecule has 3 rings (SSSR count). The summed E-state index contributed by atoms with van der Waals surface area (Å²) in [5, 5.41) is 11.7. The van der Waals surface area contributed by atoms with E-state index in [4.69, 9.17) is 9.94 Å². The van der Waals surface area contributed by atoms with Crippen LogP contribution in [0.3, 0.4) is 0 Å². The van der Waals surface area contributed by atoms with E-state index in [1.54, 1.807) is 0 Å². The first-order chi connectivity index (χ1) is 10.4. The Labute approximate surface area is 124 Å². The van der Waals surface area contributed by atoms with Crippen LogP contribution in [0, 0.1) is 0 Å². The summed E-state index contributed by atoms with van der Waals surface area (Å²) < 4.78 is 5.97. The van der Waals surface area contributed by atoms with Crippen LogP contribution in [0.15, 0.2) is 59.3 Å². The van der Waals surface area contributed by atoms with Crippen LogP contribution in [0.4, 0.5) is 0 Å². The molecule has 0 fully saturated rings. The zero-order valence-electron chi connectivity index (χ0n) is 11.7. The van der Waals surface area contributed by atoms with Crippen molar-refractivity contribution in [3.05, 3.63) is 70.8 Å². The molecule has 1 N–H and O–H groups in total. The number of hydrogen-bond donors (Lipinski definition) is 1. The van der Waals surface area contributed by atoms with Gasteiger partial charge in [0.2, 0.25) is 0 Å². The van der Waals surface area contributed by atoms with Crippen molar-refractivity contribution >= 4 is 12.3 Å². The van der Waals surface area contributed by atoms with E-state index in [1.807, 2.05) is 36.4 Å². The van der Waals surface area contributed by atoms with E-state index in [0.29, 0.717) is 6.61 Å². The van der Waals surface area contributed by atoms with Crippen LogP contribution in [0.25, 0.3) is 6.08 Å². The van der Waals surface area contributed by atoms with Crippen molar-refractivity contribution < 1.29 is 9.94 Å². The fraction of sp³-hybridized carbons (Fsp3) is 0.167. The number of rotatable bonds is 4. The Balaban J connectivity index is 1.80. The van der Waals surface area contributed by atoms with Gasteiger partial charge in [-0.1, -0.05) is 47.6 Å². The number of oxime groups is 1. The molecule has 0 saturated carbocycles. The number of hydrogen-bond acceptors (Lipinski definition) is 3. The summed E-state index contributed by atoms with van der Waals surface area (Å²) in [6.07, 6.45) is 5.31. The second kappa shape index (κ2) is 6.27. The predicted molar refractivity (Wildman–Crippen MR) is 83.8 cm³/mol. The lowest BCUT2D eigenvalue weighted by molar-refractivity contribution is 0.302. The molecule has 2 aromatic rings.